The molecule has 2 rings (SSSR count). The van der Waals surface area contributed by atoms with Crippen molar-refractivity contribution in [1.82, 2.24) is 0 Å². The van der Waals surface area contributed by atoms with Gasteiger partial charge in [0.25, 0.3) is 0 Å². The molecule has 5 heteroatoms. The Morgan fingerprint density at radius 3 is 2.22 bits per heavy atom. The van der Waals surface area contributed by atoms with Gasteiger partial charge in [-0.3, -0.25) is 0 Å². The number of nitrogens with one attached hydrogen (secondary N) is 1. The maximum Gasteiger partial charge on any atom is 0.175 e. The molecule has 0 aromatic heterocycles. The van der Waals surface area contributed by atoms with Gasteiger partial charge in [0.1, 0.15) is 0 Å². The summed E-state index contributed by atoms with van der Waals surface area (Å²) in [5.41, 5.74) is 0.915. The Hall–Kier alpha value is -0.740. The number of alkyl halides is 1. The van der Waals surface area contributed by atoms with E-state index in [-0.39, 0.29) is 5.54 Å². The number of rotatable bonds is 4. The molecular formula is C13H18ClNO2S. The zero-order chi connectivity index (χ0) is 13.2. The summed E-state index contributed by atoms with van der Waals surface area (Å²) >= 11 is 6.06. The quantitative estimate of drug-likeness (QED) is 0.866. The van der Waals surface area contributed by atoms with E-state index in [0.717, 1.165) is 18.5 Å². The first kappa shape index (κ1) is 13.7. The molecule has 0 spiro atoms. The minimum absolute atomic E-state index is 0.0197. The second-order valence-electron chi connectivity index (χ2n) is 5.04. The summed E-state index contributed by atoms with van der Waals surface area (Å²) in [7, 11) is -3.12. The van der Waals surface area contributed by atoms with Gasteiger partial charge < -0.3 is 5.32 Å². The highest BCUT2D eigenvalue weighted by Crippen LogP contribution is 2.34. The van der Waals surface area contributed by atoms with Gasteiger partial charge in [0.15, 0.2) is 9.84 Å². The molecule has 1 aromatic carbocycles. The predicted octanol–water partition coefficient (Wildman–Crippen LogP) is 3.05. The first-order valence-electron chi connectivity index (χ1n) is 6.09. The first-order chi connectivity index (χ1) is 8.45. The zero-order valence-electron chi connectivity index (χ0n) is 10.4. The molecule has 1 N–H and O–H groups in total. The summed E-state index contributed by atoms with van der Waals surface area (Å²) in [6.07, 6.45) is 5.75. The van der Waals surface area contributed by atoms with Gasteiger partial charge >= 0.3 is 0 Å². The highest BCUT2D eigenvalue weighted by Gasteiger charge is 2.32. The molecule has 100 valence electrons. The van der Waals surface area contributed by atoms with E-state index in [1.165, 1.54) is 19.1 Å². The number of hydrogen-bond donors (Lipinski definition) is 1. The topological polar surface area (TPSA) is 46.2 Å². The summed E-state index contributed by atoms with van der Waals surface area (Å²) in [6.45, 7) is 0. The van der Waals surface area contributed by atoms with Gasteiger partial charge in [-0.2, -0.15) is 0 Å². The van der Waals surface area contributed by atoms with Crippen LogP contribution in [-0.2, 0) is 9.84 Å². The summed E-state index contributed by atoms with van der Waals surface area (Å²) in [4.78, 5) is 0.347. The lowest BCUT2D eigenvalue weighted by Crippen LogP contribution is -2.36. The molecule has 0 bridgehead atoms. The van der Waals surface area contributed by atoms with Crippen LogP contribution in [0.4, 0.5) is 5.69 Å². The van der Waals surface area contributed by atoms with E-state index in [4.69, 9.17) is 11.6 Å². The van der Waals surface area contributed by atoms with Crippen molar-refractivity contribution in [3.8, 4) is 0 Å². The Kier molecular flexibility index (Phi) is 3.87. The third-order valence-corrected chi connectivity index (χ3v) is 5.15. The van der Waals surface area contributed by atoms with Crippen LogP contribution in [0.3, 0.4) is 0 Å². The normalized spacial score (nSPS) is 18.8. The Morgan fingerprint density at radius 2 is 1.78 bits per heavy atom. The Morgan fingerprint density at radius 1 is 1.22 bits per heavy atom. The minimum atomic E-state index is -3.12. The van der Waals surface area contributed by atoms with Crippen molar-refractivity contribution in [2.75, 3.05) is 17.5 Å². The molecule has 1 saturated carbocycles. The highest BCUT2D eigenvalue weighted by atomic mass is 35.5. The second kappa shape index (κ2) is 5.10. The standard InChI is InChI=1S/C13H18ClNO2S/c1-18(16,17)12-6-4-11(5-7-12)15-13(10-14)8-2-3-9-13/h4-7,15H,2-3,8-10H2,1H3. The molecule has 0 atom stereocenters. The van der Waals surface area contributed by atoms with Crippen molar-refractivity contribution in [3.63, 3.8) is 0 Å². The first-order valence-corrected chi connectivity index (χ1v) is 8.52. The van der Waals surface area contributed by atoms with Crippen LogP contribution in [0.25, 0.3) is 0 Å². The van der Waals surface area contributed by atoms with E-state index in [0.29, 0.717) is 10.8 Å². The van der Waals surface area contributed by atoms with Crippen molar-refractivity contribution in [2.45, 2.75) is 36.1 Å². The van der Waals surface area contributed by atoms with E-state index in [9.17, 15) is 8.42 Å². The number of benzene rings is 1. The molecule has 1 aliphatic carbocycles. The molecular weight excluding hydrogens is 270 g/mol. The molecule has 1 fully saturated rings. The summed E-state index contributed by atoms with van der Waals surface area (Å²) in [5, 5.41) is 3.46. The largest absolute Gasteiger partial charge is 0.378 e. The fourth-order valence-corrected chi connectivity index (χ4v) is 3.40. The molecule has 0 heterocycles. The highest BCUT2D eigenvalue weighted by molar-refractivity contribution is 7.90. The van der Waals surface area contributed by atoms with E-state index >= 15 is 0 Å². The van der Waals surface area contributed by atoms with Gasteiger partial charge in [0.2, 0.25) is 0 Å². The Labute approximate surface area is 113 Å². The molecule has 1 aliphatic rings. The second-order valence-corrected chi connectivity index (χ2v) is 7.33. The molecule has 1 aromatic rings. The van der Waals surface area contributed by atoms with Gasteiger partial charge in [-0.25, -0.2) is 8.42 Å². The summed E-state index contributed by atoms with van der Waals surface area (Å²) in [5.74, 6) is 0.584. The van der Waals surface area contributed by atoms with Crippen LogP contribution < -0.4 is 5.32 Å². The molecule has 3 nitrogen and oxygen atoms in total. The molecule has 0 saturated heterocycles. The lowest BCUT2D eigenvalue weighted by Gasteiger charge is -2.29. The van der Waals surface area contributed by atoms with Crippen molar-refractivity contribution in [1.29, 1.82) is 0 Å². The Bertz CT molecular complexity index is 504. The average molecular weight is 288 g/mol. The number of halogens is 1. The summed E-state index contributed by atoms with van der Waals surface area (Å²) in [6, 6.07) is 6.88. The third kappa shape index (κ3) is 2.98. The minimum Gasteiger partial charge on any atom is -0.378 e. The lowest BCUT2D eigenvalue weighted by atomic mass is 10.00. The van der Waals surface area contributed by atoms with Crippen LogP contribution in [0.2, 0.25) is 0 Å². The summed E-state index contributed by atoms with van der Waals surface area (Å²) < 4.78 is 22.7. The lowest BCUT2D eigenvalue weighted by molar-refractivity contribution is 0.540. The zero-order valence-corrected chi connectivity index (χ0v) is 12.0. The van der Waals surface area contributed by atoms with E-state index < -0.39 is 9.84 Å². The van der Waals surface area contributed by atoms with Crippen molar-refractivity contribution >= 4 is 27.1 Å². The number of anilines is 1. The van der Waals surface area contributed by atoms with Crippen LogP contribution in [0.1, 0.15) is 25.7 Å². The maximum atomic E-state index is 11.4. The monoisotopic (exact) mass is 287 g/mol. The van der Waals surface area contributed by atoms with Gasteiger partial charge in [-0.05, 0) is 37.1 Å². The van der Waals surface area contributed by atoms with Crippen LogP contribution >= 0.6 is 11.6 Å². The van der Waals surface area contributed by atoms with Gasteiger partial charge in [-0.1, -0.05) is 12.8 Å². The third-order valence-electron chi connectivity index (χ3n) is 3.51. The van der Waals surface area contributed by atoms with Crippen molar-refractivity contribution in [2.24, 2.45) is 0 Å². The Balaban J connectivity index is 2.15. The molecule has 0 aliphatic heterocycles. The fourth-order valence-electron chi connectivity index (χ4n) is 2.44. The van der Waals surface area contributed by atoms with Gasteiger partial charge in [0, 0.05) is 17.8 Å². The van der Waals surface area contributed by atoms with Gasteiger partial charge in [-0.15, -0.1) is 11.6 Å². The molecule has 0 radical (unpaired) electrons. The molecule has 0 unspecified atom stereocenters. The van der Waals surface area contributed by atoms with E-state index in [1.807, 2.05) is 12.1 Å². The SMILES string of the molecule is CS(=O)(=O)c1ccc(NC2(CCl)CCCC2)cc1. The molecule has 0 amide bonds. The van der Waals surface area contributed by atoms with E-state index in [1.54, 1.807) is 12.1 Å². The predicted molar refractivity (Wildman–Crippen MR) is 75.1 cm³/mol. The van der Waals surface area contributed by atoms with Crippen LogP contribution in [0.15, 0.2) is 29.2 Å². The average Bonchev–Trinajstić information content (AvgIpc) is 2.78. The van der Waals surface area contributed by atoms with Crippen LogP contribution in [0.5, 0.6) is 0 Å². The smallest absolute Gasteiger partial charge is 0.175 e. The van der Waals surface area contributed by atoms with E-state index in [2.05, 4.69) is 5.32 Å². The van der Waals surface area contributed by atoms with Crippen molar-refractivity contribution < 1.29 is 8.42 Å². The fraction of sp³-hybridized carbons (Fsp3) is 0.538. The van der Waals surface area contributed by atoms with Crippen LogP contribution in [0, 0.1) is 0 Å². The van der Waals surface area contributed by atoms with Gasteiger partial charge in [0.05, 0.1) is 10.4 Å². The number of hydrogen-bond acceptors (Lipinski definition) is 3. The maximum absolute atomic E-state index is 11.4. The molecule has 18 heavy (non-hydrogen) atoms. The number of sulfone groups is 1. The van der Waals surface area contributed by atoms with Crippen molar-refractivity contribution in [3.05, 3.63) is 24.3 Å². The van der Waals surface area contributed by atoms with Crippen LogP contribution in [-0.4, -0.2) is 26.1 Å².